The van der Waals surface area contributed by atoms with E-state index in [0.717, 1.165) is 73.8 Å². The van der Waals surface area contributed by atoms with Gasteiger partial charge >= 0.3 is 0 Å². The van der Waals surface area contributed by atoms with Crippen molar-refractivity contribution in [2.45, 2.75) is 20.8 Å². The van der Waals surface area contributed by atoms with Crippen molar-refractivity contribution in [2.75, 3.05) is 13.1 Å². The van der Waals surface area contributed by atoms with Crippen LogP contribution < -0.4 is 15.9 Å². The molecule has 4 rings (SSSR count). The van der Waals surface area contributed by atoms with E-state index in [1.807, 2.05) is 32.1 Å². The minimum Gasteiger partial charge on any atom is -0.352 e. The molecule has 0 atom stereocenters. The third-order valence-electron chi connectivity index (χ3n) is 6.26. The van der Waals surface area contributed by atoms with E-state index < -0.39 is 0 Å². The molecule has 3 N–H and O–H groups in total. The van der Waals surface area contributed by atoms with Crippen LogP contribution in [0.2, 0.25) is 0 Å². The highest BCUT2D eigenvalue weighted by Gasteiger charge is 2.13. The number of H-pyrrole nitrogens is 2. The van der Waals surface area contributed by atoms with Gasteiger partial charge in [-0.3, -0.25) is 10.1 Å². The summed E-state index contributed by atoms with van der Waals surface area (Å²) in [6.07, 6.45) is 13.7. The molecule has 0 radical (unpaired) electrons. The third kappa shape index (κ3) is 5.60. The summed E-state index contributed by atoms with van der Waals surface area (Å²) in [7, 11) is 0. The maximum Gasteiger partial charge on any atom is 0.123 e. The van der Waals surface area contributed by atoms with Gasteiger partial charge in [-0.05, 0) is 67.0 Å². The van der Waals surface area contributed by atoms with E-state index in [9.17, 15) is 4.39 Å². The molecule has 0 saturated heterocycles. The van der Waals surface area contributed by atoms with Crippen molar-refractivity contribution in [2.24, 2.45) is 0 Å². The van der Waals surface area contributed by atoms with E-state index in [4.69, 9.17) is 0 Å². The second kappa shape index (κ2) is 11.6. The first-order valence-electron chi connectivity index (χ1n) is 12.3. The lowest BCUT2D eigenvalue weighted by atomic mass is 10.0. The molecule has 3 aromatic heterocycles. The first-order chi connectivity index (χ1) is 18.0. The molecular weight excluding hydrogens is 461 g/mol. The van der Waals surface area contributed by atoms with Crippen molar-refractivity contribution >= 4 is 23.1 Å². The van der Waals surface area contributed by atoms with E-state index >= 15 is 0 Å². The molecule has 37 heavy (non-hydrogen) atoms. The van der Waals surface area contributed by atoms with Gasteiger partial charge in [-0.2, -0.15) is 5.10 Å². The minimum atomic E-state index is -0.268. The van der Waals surface area contributed by atoms with E-state index in [2.05, 4.69) is 63.8 Å². The third-order valence-corrected chi connectivity index (χ3v) is 6.26. The zero-order valence-corrected chi connectivity index (χ0v) is 21.5. The number of aromatic nitrogens is 4. The number of hydrogen-bond acceptors (Lipinski definition) is 3. The van der Waals surface area contributed by atoms with Crippen LogP contribution in [0.15, 0.2) is 90.8 Å². The number of benzene rings is 1. The molecular formula is C31H32FN5. The zero-order chi connectivity index (χ0) is 26.4. The Morgan fingerprint density at radius 2 is 1.95 bits per heavy atom. The van der Waals surface area contributed by atoms with Gasteiger partial charge in [0.05, 0.1) is 22.8 Å². The highest BCUT2D eigenvalue weighted by molar-refractivity contribution is 5.97. The Balaban J connectivity index is 1.80. The van der Waals surface area contributed by atoms with Crippen molar-refractivity contribution in [3.8, 4) is 22.5 Å². The number of nitrogens with one attached hydrogen (secondary N) is 3. The van der Waals surface area contributed by atoms with Crippen LogP contribution in [0.4, 0.5) is 4.39 Å². The van der Waals surface area contributed by atoms with Gasteiger partial charge in [0, 0.05) is 28.9 Å². The Morgan fingerprint density at radius 1 is 1.16 bits per heavy atom. The lowest BCUT2D eigenvalue weighted by molar-refractivity contribution is 0.628. The molecule has 0 fully saturated rings. The summed E-state index contributed by atoms with van der Waals surface area (Å²) in [4.78, 5) is 7.85. The summed E-state index contributed by atoms with van der Waals surface area (Å²) < 4.78 is 13.5. The van der Waals surface area contributed by atoms with Gasteiger partial charge in [0.15, 0.2) is 0 Å². The summed E-state index contributed by atoms with van der Waals surface area (Å²) >= 11 is 0. The van der Waals surface area contributed by atoms with Gasteiger partial charge in [0.2, 0.25) is 0 Å². The lowest BCUT2D eigenvalue weighted by Crippen LogP contribution is -2.23. The van der Waals surface area contributed by atoms with E-state index in [0.29, 0.717) is 0 Å². The monoisotopic (exact) mass is 493 g/mol. The molecule has 3 heterocycles. The second-order valence-electron chi connectivity index (χ2n) is 8.64. The fourth-order valence-electron chi connectivity index (χ4n) is 4.24. The van der Waals surface area contributed by atoms with Gasteiger partial charge in [-0.15, -0.1) is 0 Å². The average Bonchev–Trinajstić information content (AvgIpc) is 3.53. The standard InChI is InChI=1S/C31H32FN5/c1-6-21(17-33-9-4)15-22(7-2)20(5)14-26-28(8-3)36-37-31(26)29-16-25-27(18-34-19-30(25)35-29)23-10-12-24(32)13-11-23/h6-8,10-16,18-19,33,35-36H,1,5,9,17H2,2-4H3/b21-15+,22-7+,26-14+,28-8+. The maximum absolute atomic E-state index is 13.5. The molecule has 0 bridgehead atoms. The molecule has 0 aliphatic rings. The number of allylic oxidation sites excluding steroid dienone is 4. The molecule has 1 aromatic carbocycles. The molecule has 188 valence electrons. The van der Waals surface area contributed by atoms with Crippen LogP contribution in [-0.2, 0) is 0 Å². The number of rotatable bonds is 9. The molecule has 0 unspecified atom stereocenters. The predicted octanol–water partition coefficient (Wildman–Crippen LogP) is 5.56. The summed E-state index contributed by atoms with van der Waals surface area (Å²) in [5, 5.41) is 13.9. The van der Waals surface area contributed by atoms with Gasteiger partial charge in [-0.1, -0.05) is 56.5 Å². The number of fused-ring (bicyclic) bond motifs is 1. The normalized spacial score (nSPS) is 13.5. The number of nitrogens with zero attached hydrogens (tertiary/aromatic N) is 2. The smallest absolute Gasteiger partial charge is 0.123 e. The minimum absolute atomic E-state index is 0.268. The number of halogens is 1. The van der Waals surface area contributed by atoms with Gasteiger partial charge in [0.25, 0.3) is 0 Å². The van der Waals surface area contributed by atoms with Crippen LogP contribution in [-0.4, -0.2) is 33.3 Å². The predicted molar refractivity (Wildman–Crippen MR) is 153 cm³/mol. The molecule has 0 amide bonds. The summed E-state index contributed by atoms with van der Waals surface area (Å²) in [6, 6.07) is 8.51. The van der Waals surface area contributed by atoms with E-state index in [1.54, 1.807) is 24.5 Å². The molecule has 6 heteroatoms. The van der Waals surface area contributed by atoms with Crippen LogP contribution >= 0.6 is 0 Å². The lowest BCUT2D eigenvalue weighted by Gasteiger charge is -2.06. The van der Waals surface area contributed by atoms with E-state index in [1.165, 1.54) is 12.1 Å². The maximum atomic E-state index is 13.5. The molecule has 5 nitrogen and oxygen atoms in total. The fraction of sp³-hybridized carbons (Fsp3) is 0.161. The Hall–Kier alpha value is -4.29. The second-order valence-corrected chi connectivity index (χ2v) is 8.64. The Morgan fingerprint density at radius 3 is 2.62 bits per heavy atom. The SMILES string of the molecule is C=C/C(=C\C(=C/C)C(=C)/C=c1/c(-c2cc3c(-c4ccc(F)cc4)cncc3[nH]2)n[nH]/c1=C/C)CNCC. The molecule has 0 saturated carbocycles. The van der Waals surface area contributed by atoms with E-state index in [-0.39, 0.29) is 5.82 Å². The Bertz CT molecular complexity index is 1610. The zero-order valence-electron chi connectivity index (χ0n) is 21.5. The highest BCUT2D eigenvalue weighted by atomic mass is 19.1. The number of hydrogen-bond donors (Lipinski definition) is 3. The number of aromatic amines is 2. The van der Waals surface area contributed by atoms with Crippen molar-refractivity contribution < 1.29 is 4.39 Å². The molecule has 0 aliphatic heterocycles. The quantitative estimate of drug-likeness (QED) is 0.267. The average molecular weight is 494 g/mol. The van der Waals surface area contributed by atoms with Crippen molar-refractivity contribution in [1.29, 1.82) is 0 Å². The number of pyridine rings is 1. The van der Waals surface area contributed by atoms with Crippen molar-refractivity contribution in [1.82, 2.24) is 25.5 Å². The van der Waals surface area contributed by atoms with Crippen LogP contribution in [0.3, 0.4) is 0 Å². The van der Waals surface area contributed by atoms with Crippen LogP contribution in [0.5, 0.6) is 0 Å². The van der Waals surface area contributed by atoms with Crippen LogP contribution in [0, 0.1) is 5.82 Å². The summed E-state index contributed by atoms with van der Waals surface area (Å²) in [5.41, 5.74) is 7.31. The Labute approximate surface area is 216 Å². The molecule has 0 aliphatic carbocycles. The van der Waals surface area contributed by atoms with Crippen molar-refractivity contribution in [3.63, 3.8) is 0 Å². The largest absolute Gasteiger partial charge is 0.352 e. The van der Waals surface area contributed by atoms with Gasteiger partial charge in [0.1, 0.15) is 11.5 Å². The van der Waals surface area contributed by atoms with Crippen molar-refractivity contribution in [3.05, 3.63) is 107 Å². The number of likely N-dealkylation sites (N-methyl/N-ethyl adjacent to an activating group) is 1. The molecule has 4 aromatic rings. The Kier molecular flexibility index (Phi) is 8.11. The summed E-state index contributed by atoms with van der Waals surface area (Å²) in [6.45, 7) is 16.0. The van der Waals surface area contributed by atoms with Gasteiger partial charge in [-0.25, -0.2) is 4.39 Å². The van der Waals surface area contributed by atoms with Crippen LogP contribution in [0.25, 0.3) is 45.6 Å². The highest BCUT2D eigenvalue weighted by Crippen LogP contribution is 2.30. The first kappa shape index (κ1) is 25.8. The first-order valence-corrected chi connectivity index (χ1v) is 12.3. The summed E-state index contributed by atoms with van der Waals surface area (Å²) in [5.74, 6) is -0.268. The van der Waals surface area contributed by atoms with Crippen LogP contribution in [0.1, 0.15) is 20.8 Å². The van der Waals surface area contributed by atoms with Gasteiger partial charge < -0.3 is 10.3 Å². The topological polar surface area (TPSA) is 69.4 Å². The fourth-order valence-corrected chi connectivity index (χ4v) is 4.24. The molecule has 0 spiro atoms.